The minimum absolute atomic E-state index is 0.247. The smallest absolute Gasteiger partial charge is 0.158 e. The van der Waals surface area contributed by atoms with Gasteiger partial charge in [0.25, 0.3) is 0 Å². The highest BCUT2D eigenvalue weighted by Crippen LogP contribution is 2.24. The largest absolute Gasteiger partial charge is 0.455 e. The van der Waals surface area contributed by atoms with Gasteiger partial charge < -0.3 is 14.6 Å². The minimum atomic E-state index is -0.247. The highest BCUT2D eigenvalue weighted by molar-refractivity contribution is 5.58. The summed E-state index contributed by atoms with van der Waals surface area (Å²) >= 11 is 0. The summed E-state index contributed by atoms with van der Waals surface area (Å²) in [5, 5.41) is 2.21. The maximum absolute atomic E-state index is 13.6. The van der Waals surface area contributed by atoms with Crippen LogP contribution >= 0.6 is 0 Å². The molecule has 0 amide bonds. The molecule has 0 aliphatic heterocycles. The molecule has 1 aromatic carbocycles. The van der Waals surface area contributed by atoms with Crippen LogP contribution < -0.4 is 10.2 Å². The van der Waals surface area contributed by atoms with Crippen molar-refractivity contribution in [2.24, 2.45) is 0 Å². The van der Waals surface area contributed by atoms with Crippen molar-refractivity contribution < 1.29 is 19.0 Å². The average Bonchev–Trinajstić information content (AvgIpc) is 2.83. The van der Waals surface area contributed by atoms with Gasteiger partial charge in [0.15, 0.2) is 5.76 Å². The second kappa shape index (κ2) is 6.50. The van der Waals surface area contributed by atoms with Gasteiger partial charge in [0.05, 0.1) is 19.7 Å². The quantitative estimate of drug-likeness (QED) is 0.723. The summed E-state index contributed by atoms with van der Waals surface area (Å²) in [5.74, 6) is 1.23. The van der Waals surface area contributed by atoms with Crippen LogP contribution in [-0.2, 0) is 6.54 Å². The normalized spacial score (nSPS) is 11.2. The van der Waals surface area contributed by atoms with Crippen LogP contribution in [0, 0.1) is 5.82 Å². The highest BCUT2D eigenvalue weighted by atomic mass is 19.1. The monoisotopic (exact) mass is 264 g/mol. The van der Waals surface area contributed by atoms with Gasteiger partial charge in [-0.2, -0.15) is 0 Å². The first kappa shape index (κ1) is 13.8. The predicted octanol–water partition coefficient (Wildman–Crippen LogP) is 0.294. The van der Waals surface area contributed by atoms with Crippen molar-refractivity contribution in [3.05, 3.63) is 48.0 Å². The summed E-state index contributed by atoms with van der Waals surface area (Å²) in [5.41, 5.74) is 0.520. The van der Waals surface area contributed by atoms with Crippen molar-refractivity contribution >= 4 is 0 Å². The van der Waals surface area contributed by atoms with Crippen molar-refractivity contribution in [1.29, 1.82) is 0 Å². The molecule has 0 saturated carbocycles. The van der Waals surface area contributed by atoms with Crippen LogP contribution in [0.3, 0.4) is 0 Å². The van der Waals surface area contributed by atoms with Gasteiger partial charge in [-0.1, -0.05) is 12.1 Å². The fourth-order valence-corrected chi connectivity index (χ4v) is 1.93. The van der Waals surface area contributed by atoms with Crippen LogP contribution in [0.5, 0.6) is 0 Å². The van der Waals surface area contributed by atoms with Gasteiger partial charge in [-0.3, -0.25) is 0 Å². The molecule has 3 nitrogen and oxygen atoms in total. The van der Waals surface area contributed by atoms with Gasteiger partial charge in [-0.25, -0.2) is 4.39 Å². The van der Waals surface area contributed by atoms with Gasteiger partial charge in [0.1, 0.15) is 31.2 Å². The Bertz CT molecular complexity index is 522. The van der Waals surface area contributed by atoms with E-state index in [4.69, 9.17) is 4.42 Å². The Hall–Kier alpha value is -1.65. The van der Waals surface area contributed by atoms with Crippen LogP contribution in [0.4, 0.5) is 4.39 Å². The molecule has 2 aromatic rings. The first-order valence-electron chi connectivity index (χ1n) is 6.61. The molecule has 0 saturated heterocycles. The molecule has 0 bridgehead atoms. The van der Waals surface area contributed by atoms with Gasteiger partial charge >= 0.3 is 0 Å². The first-order valence-corrected chi connectivity index (χ1v) is 6.61. The van der Waals surface area contributed by atoms with E-state index in [2.05, 4.69) is 19.4 Å². The second-order valence-electron chi connectivity index (χ2n) is 4.98. The molecule has 0 aliphatic rings. The maximum Gasteiger partial charge on any atom is 0.158 e. The molecule has 1 aromatic heterocycles. The van der Waals surface area contributed by atoms with Crippen LogP contribution in [0.2, 0.25) is 0 Å². The van der Waals surface area contributed by atoms with E-state index in [-0.39, 0.29) is 5.82 Å². The lowest BCUT2D eigenvalue weighted by Crippen LogP contribution is -3.09. The number of halogens is 1. The number of hydrogen-bond donors (Lipinski definition) is 2. The SMILES string of the molecule is C[NH+](C)CC[NH2+]Cc1ccc(-c2ccccc2F)o1. The molecular formula is C15H21FN2O+2. The number of rotatable bonds is 6. The Morgan fingerprint density at radius 1 is 1.16 bits per heavy atom. The Morgan fingerprint density at radius 3 is 2.68 bits per heavy atom. The van der Waals surface area contributed by atoms with E-state index in [1.54, 1.807) is 12.1 Å². The van der Waals surface area contributed by atoms with Crippen molar-refractivity contribution in [2.45, 2.75) is 6.54 Å². The van der Waals surface area contributed by atoms with E-state index in [9.17, 15) is 4.39 Å². The second-order valence-corrected chi connectivity index (χ2v) is 4.98. The fourth-order valence-electron chi connectivity index (χ4n) is 1.93. The van der Waals surface area contributed by atoms with E-state index in [0.29, 0.717) is 11.3 Å². The van der Waals surface area contributed by atoms with Crippen LogP contribution in [0.25, 0.3) is 11.3 Å². The fraction of sp³-hybridized carbons (Fsp3) is 0.333. The molecule has 102 valence electrons. The van der Waals surface area contributed by atoms with E-state index >= 15 is 0 Å². The Labute approximate surface area is 113 Å². The van der Waals surface area contributed by atoms with Gasteiger partial charge in [0.2, 0.25) is 0 Å². The molecule has 0 radical (unpaired) electrons. The number of nitrogens with two attached hydrogens (primary N) is 1. The summed E-state index contributed by atoms with van der Waals surface area (Å²) in [4.78, 5) is 1.43. The molecule has 0 unspecified atom stereocenters. The lowest BCUT2D eigenvalue weighted by Gasteiger charge is -2.05. The Kier molecular flexibility index (Phi) is 4.71. The lowest BCUT2D eigenvalue weighted by atomic mass is 10.1. The van der Waals surface area contributed by atoms with E-state index in [1.807, 2.05) is 18.2 Å². The molecule has 0 atom stereocenters. The van der Waals surface area contributed by atoms with Crippen molar-refractivity contribution in [3.63, 3.8) is 0 Å². The summed E-state index contributed by atoms with van der Waals surface area (Å²) in [6.45, 7) is 2.96. The lowest BCUT2D eigenvalue weighted by molar-refractivity contribution is -0.875. The van der Waals surface area contributed by atoms with Crippen LogP contribution in [0.1, 0.15) is 5.76 Å². The summed E-state index contributed by atoms with van der Waals surface area (Å²) in [7, 11) is 4.27. The number of hydrogen-bond acceptors (Lipinski definition) is 1. The Morgan fingerprint density at radius 2 is 1.95 bits per heavy atom. The zero-order chi connectivity index (χ0) is 13.7. The molecule has 1 heterocycles. The van der Waals surface area contributed by atoms with Crippen molar-refractivity contribution in [3.8, 4) is 11.3 Å². The molecule has 2 rings (SSSR count). The van der Waals surface area contributed by atoms with Crippen LogP contribution in [-0.4, -0.2) is 27.2 Å². The molecule has 0 fully saturated rings. The zero-order valence-corrected chi connectivity index (χ0v) is 11.4. The first-order chi connectivity index (χ1) is 9.16. The summed E-state index contributed by atoms with van der Waals surface area (Å²) in [6.07, 6.45) is 0. The topological polar surface area (TPSA) is 34.2 Å². The third-order valence-electron chi connectivity index (χ3n) is 2.99. The van der Waals surface area contributed by atoms with Crippen molar-refractivity contribution in [2.75, 3.05) is 27.2 Å². The third kappa shape index (κ3) is 3.91. The summed E-state index contributed by atoms with van der Waals surface area (Å²) < 4.78 is 19.3. The number of likely N-dealkylation sites (N-methyl/N-ethyl adjacent to an activating group) is 1. The molecule has 4 heteroatoms. The minimum Gasteiger partial charge on any atom is -0.455 e. The van der Waals surface area contributed by atoms with E-state index in [1.165, 1.54) is 11.0 Å². The average molecular weight is 264 g/mol. The van der Waals surface area contributed by atoms with Gasteiger partial charge in [0, 0.05) is 0 Å². The highest BCUT2D eigenvalue weighted by Gasteiger charge is 2.09. The number of nitrogens with one attached hydrogen (secondary N) is 1. The van der Waals surface area contributed by atoms with Crippen LogP contribution in [0.15, 0.2) is 40.8 Å². The number of quaternary nitrogens is 2. The third-order valence-corrected chi connectivity index (χ3v) is 2.99. The molecule has 3 N–H and O–H groups in total. The van der Waals surface area contributed by atoms with E-state index in [0.717, 1.165) is 25.4 Å². The summed E-state index contributed by atoms with van der Waals surface area (Å²) in [6, 6.07) is 10.4. The maximum atomic E-state index is 13.6. The standard InChI is InChI=1S/C15H19FN2O/c1-18(2)10-9-17-11-12-7-8-15(19-12)13-5-3-4-6-14(13)16/h3-8,17H,9-11H2,1-2H3/p+2. The molecule has 19 heavy (non-hydrogen) atoms. The predicted molar refractivity (Wildman–Crippen MR) is 72.3 cm³/mol. The zero-order valence-electron chi connectivity index (χ0n) is 11.4. The number of benzene rings is 1. The van der Waals surface area contributed by atoms with Gasteiger partial charge in [-0.05, 0) is 24.3 Å². The van der Waals surface area contributed by atoms with Gasteiger partial charge in [-0.15, -0.1) is 0 Å². The van der Waals surface area contributed by atoms with E-state index < -0.39 is 0 Å². The number of furan rings is 1. The Balaban J connectivity index is 1.94. The molecule has 0 aliphatic carbocycles. The molecule has 0 spiro atoms. The molecular weight excluding hydrogens is 243 g/mol. The van der Waals surface area contributed by atoms with Crippen molar-refractivity contribution in [1.82, 2.24) is 0 Å².